The number of hydrogen-bond acceptors (Lipinski definition) is 54. The molecular formula is C61H93N5Na8O57S4-4. The molecule has 8 heterocycles. The van der Waals surface area contributed by atoms with Gasteiger partial charge in [0.2, 0.25) is 65.2 Å². The summed E-state index contributed by atoms with van der Waals surface area (Å²) >= 11 is 0. The molecule has 0 saturated carbocycles. The van der Waals surface area contributed by atoms with Crippen molar-refractivity contribution in [3.8, 4) is 0 Å². The van der Waals surface area contributed by atoms with Crippen molar-refractivity contribution in [1.82, 2.24) is 21.3 Å². The summed E-state index contributed by atoms with van der Waals surface area (Å²) in [6.45, 7) is 6.22. The first-order valence-electron chi connectivity index (χ1n) is 35.2. The van der Waals surface area contributed by atoms with Crippen molar-refractivity contribution in [2.45, 2.75) is 244 Å². The van der Waals surface area contributed by atoms with Crippen LogP contribution in [-0.2, 0) is 175 Å². The van der Waals surface area contributed by atoms with E-state index in [4.69, 9.17) is 190 Å². The van der Waals surface area contributed by atoms with Crippen LogP contribution in [0.1, 0.15) is 47.0 Å². The predicted octanol–water partition coefficient (Wildman–Crippen LogP) is -40.4. The molecule has 62 nitrogen and oxygen atoms in total. The minimum atomic E-state index is -4.92. The molecule has 8 unspecified atom stereocenters. The minimum absolute atomic E-state index is 0. The van der Waals surface area contributed by atoms with Gasteiger partial charge in [-0.05, 0) is 50.2 Å². The van der Waals surface area contributed by atoms with Crippen LogP contribution >= 0.6 is 0 Å². The van der Waals surface area contributed by atoms with Crippen molar-refractivity contribution in [3.63, 3.8) is 0 Å². The number of rotatable bonds is 28. The summed E-state index contributed by atoms with van der Waals surface area (Å²) in [6.07, 6.45) is -34.3. The largest absolute Gasteiger partial charge is 1.00 e. The summed E-state index contributed by atoms with van der Waals surface area (Å²) in [5, 5.41) is 152. The number of hydrogen-bond donors (Lipinski definition) is 22. The standard InChI is InChI=1S/C57H89N5O33.4CO2.8Na.4H2O4S/c1-22(67)59-42-47(76)46(75)30(14-63)85-54(42)89-35-19-82-39(11-27(35)72)93-52-32(16-65)87-56(44(49(52)78)61-24(3)69)91-37-21-84-41(13-29(37)74)95-53-33(17-66)88-57(45(50(53)79)62-25(4)70)92-36-20-83-40(12-28(36)73)94-51-31(15-64)86-55(43(48(51)77)60-23(2)68)90-34-18-81-38(10-26(34)71)80-9-7-5-6-8-58;4*2-1-3;;;;;;;;;4*1-5(2,3)4/h10-13,18-21,26-57,63-66,71-79H,5-9,14-17,58H2,1-4H3,(H,59,67)(H,60,68)(H,61,69)(H,62,70);;;;;;;;;;;;;4*(H2,1,2,3,4)/q-8;;;;;8*+1;;;;/p-4/t26-,27-,28-,29-,30?,31?,32?,33?,34+,35+,36+,37+,38+,39-,40-,41-,42?,43?,44?,45?,46+,47+,48+,49+,50+,51+,52+,53+,54+,55-,56+,57+;;;;;;;;;;;;;;;;/m0................/s1. The first-order valence-corrected chi connectivity index (χ1v) is 40.7. The van der Waals surface area contributed by atoms with Crippen LogP contribution in [0.15, 0.2) is 0 Å². The zero-order valence-corrected chi connectivity index (χ0v) is 92.9. The van der Waals surface area contributed by atoms with E-state index in [1.165, 1.54) is 13.0 Å². The fraction of sp³-hybridized carbons (Fsp3) is 0.738. The summed E-state index contributed by atoms with van der Waals surface area (Å²) in [4.78, 5) is 114. The molecule has 8 fully saturated rings. The predicted molar refractivity (Wildman–Crippen MR) is 374 cm³/mol. The van der Waals surface area contributed by atoms with Crippen LogP contribution in [0.5, 0.6) is 0 Å². The van der Waals surface area contributed by atoms with E-state index in [-0.39, 0.29) is 261 Å². The molecule has 0 radical (unpaired) electrons. The van der Waals surface area contributed by atoms with Gasteiger partial charge in [-0.25, -0.2) is 59.4 Å². The summed E-state index contributed by atoms with van der Waals surface area (Å²) in [5.41, 5.74) is 5.54. The third-order valence-electron chi connectivity index (χ3n) is 16.2. The quantitative estimate of drug-likeness (QED) is 0.0114. The molecule has 0 aliphatic carbocycles. The molecule has 0 aromatic heterocycles. The van der Waals surface area contributed by atoms with Crippen LogP contribution in [0, 0.1) is 52.1 Å². The second-order valence-electron chi connectivity index (χ2n) is 25.5. The minimum Gasteiger partial charge on any atom is -0.726 e. The van der Waals surface area contributed by atoms with Crippen molar-refractivity contribution in [2.24, 2.45) is 5.73 Å². The molecule has 74 heteroatoms. The van der Waals surface area contributed by atoms with Gasteiger partial charge in [0.05, 0.1) is 26.4 Å². The monoisotopic (exact) mass is 2120 g/mol. The molecule has 4 amide bonds. The molecule has 23 N–H and O–H groups in total. The van der Waals surface area contributed by atoms with E-state index in [0.29, 0.717) is 19.6 Å². The average Bonchev–Trinajstić information content (AvgIpc) is 0.791. The first-order chi connectivity index (χ1) is 59.0. The number of amides is 4. The van der Waals surface area contributed by atoms with Crippen LogP contribution in [0.3, 0.4) is 0 Å². The molecular weight excluding hydrogens is 2030 g/mol. The Hall–Kier alpha value is 1.68. The van der Waals surface area contributed by atoms with Crippen molar-refractivity contribution in [1.29, 1.82) is 0 Å². The summed E-state index contributed by atoms with van der Waals surface area (Å²) in [6, 6.07) is -5.76. The Morgan fingerprint density at radius 1 is 0.341 bits per heavy atom. The third-order valence-corrected chi connectivity index (χ3v) is 16.2. The van der Waals surface area contributed by atoms with E-state index >= 15 is 0 Å². The van der Waals surface area contributed by atoms with Crippen LogP contribution in [0.2, 0.25) is 0 Å². The number of ether oxygens (including phenoxy) is 16. The fourth-order valence-corrected chi connectivity index (χ4v) is 11.5. The van der Waals surface area contributed by atoms with Crippen molar-refractivity contribution < 1.29 is 506 Å². The number of nitrogens with one attached hydrogen (secondary N) is 4. The zero-order valence-electron chi connectivity index (χ0n) is 73.6. The van der Waals surface area contributed by atoms with Crippen molar-refractivity contribution in [2.75, 3.05) is 39.6 Å². The Balaban J connectivity index is -0.000000492. The van der Waals surface area contributed by atoms with E-state index < -0.39 is 288 Å². The maximum atomic E-state index is 12.6. The molecule has 0 aromatic rings. The Kier molecular flexibility index (Phi) is 92.2. The molecule has 8 aliphatic heterocycles. The molecule has 8 aliphatic rings. The second-order valence-corrected chi connectivity index (χ2v) is 28.9. The van der Waals surface area contributed by atoms with Gasteiger partial charge in [-0.3, -0.25) is 37.4 Å². The fourth-order valence-electron chi connectivity index (χ4n) is 11.5. The van der Waals surface area contributed by atoms with Gasteiger partial charge < -0.3 is 187 Å². The van der Waals surface area contributed by atoms with Crippen LogP contribution < -0.4 is 263 Å². The van der Waals surface area contributed by atoms with Gasteiger partial charge in [0.25, 0.3) is 0 Å². The van der Waals surface area contributed by atoms with Crippen molar-refractivity contribution >= 4 is 89.8 Å². The van der Waals surface area contributed by atoms with Gasteiger partial charge >= 0.3 is 261 Å². The first kappa shape index (κ1) is 154. The van der Waals surface area contributed by atoms with Crippen LogP contribution in [-0.4, -0.2) is 421 Å². The average molecular weight is 2120 g/mol. The molecule has 0 aromatic carbocycles. The SMILES string of the molecule is CC(=O)NC1[C@@H](O[C@@H]2[CH-]O[C@@H](O[C@@H]3C(CO)O[C@H](O[C@@H]4[CH-]O[C@@H](O[C@@H]5C(CO)O[C@H](O[C@@H]6[CH-]O[C@@H](O[C@@H]7C(CO)O[C@@H](O[C@@H]8[CH-]O[C@@H](OCCCCCN)[CH-][C@@H]8O)C(NC(C)=O)[C@H]7O)[CH-][C@@H]6O)C(NC(C)=O)[C@H]5O)[CH-][C@@H]4O)C(NC(C)=O)[C@H]3O)[CH-][C@@H]2O)OC(CO)[C@@H](O)[C@@H]1O.O=C=O.O=C=O.O=C=O.O=C=O.O=S(=O)([O-])O.O=S(=O)([O-])O.O=S(=O)([O-])O.O=S(=O)([O-])O.[Na+].[Na+].[Na+].[Na+].[Na+].[Na+].[Na+].[Na+]. The van der Waals surface area contributed by atoms with E-state index in [9.17, 15) is 85.6 Å². The molecule has 135 heavy (non-hydrogen) atoms. The Bertz CT molecular complexity index is 3670. The topological polar surface area (TPSA) is 999 Å². The van der Waals surface area contributed by atoms with Crippen LogP contribution in [0.25, 0.3) is 0 Å². The Labute approximate surface area is 946 Å². The smallest absolute Gasteiger partial charge is 0.726 e. The maximum Gasteiger partial charge on any atom is 1.00 e. The number of aliphatic hydroxyl groups excluding tert-OH is 13. The normalized spacial score (nSPS) is 33.1. The summed E-state index contributed by atoms with van der Waals surface area (Å²) in [7, 11) is -19.7. The molecule has 8 rings (SSSR count). The third kappa shape index (κ3) is 65.3. The Morgan fingerprint density at radius 3 is 0.741 bits per heavy atom. The zero-order chi connectivity index (χ0) is 97.8. The van der Waals surface area contributed by atoms with E-state index in [2.05, 4.69) is 21.3 Å². The number of aliphatic hydroxyl groups is 13. The number of carbonyl (C=O) groups is 4. The van der Waals surface area contributed by atoms with E-state index in [1.54, 1.807) is 0 Å². The van der Waals surface area contributed by atoms with Gasteiger partial charge in [-0.15, -0.1) is 0 Å². The van der Waals surface area contributed by atoms with Crippen LogP contribution in [0.4, 0.5) is 0 Å². The molecule has 8 saturated heterocycles. The summed E-state index contributed by atoms with van der Waals surface area (Å²) < 4.78 is 225. The number of nitrogens with two attached hydrogens (primary N) is 1. The summed E-state index contributed by atoms with van der Waals surface area (Å²) in [5.74, 6) is -2.67. The van der Waals surface area contributed by atoms with E-state index in [0.717, 1.165) is 79.6 Å². The molecule has 32 atom stereocenters. The van der Waals surface area contributed by atoms with E-state index in [1.807, 2.05) is 0 Å². The molecule has 740 valence electrons. The maximum absolute atomic E-state index is 12.6. The van der Waals surface area contributed by atoms with Gasteiger partial charge in [0.1, 0.15) is 97.4 Å². The number of unbranched alkanes of at least 4 members (excludes halogenated alkanes) is 2. The molecule has 0 spiro atoms. The Morgan fingerprint density at radius 2 is 0.541 bits per heavy atom. The molecule has 0 bridgehead atoms. The van der Waals surface area contributed by atoms with Gasteiger partial charge in [-0.1, -0.05) is 24.4 Å². The van der Waals surface area contributed by atoms with Gasteiger partial charge in [0, 0.05) is 59.5 Å². The second kappa shape index (κ2) is 80.7. The number of carbonyl (C=O) groups excluding carboxylic acids is 12. The van der Waals surface area contributed by atoms with Crippen molar-refractivity contribution in [3.05, 3.63) is 52.1 Å². The van der Waals surface area contributed by atoms with Gasteiger partial charge in [0.15, 0.2) is 25.2 Å². The van der Waals surface area contributed by atoms with Gasteiger partial charge in [-0.2, -0.15) is 64.8 Å².